The molecule has 0 saturated carbocycles. The molecule has 0 spiro atoms. The first-order valence-corrected chi connectivity index (χ1v) is 11.2. The number of amides is 1. The highest BCUT2D eigenvalue weighted by atomic mass is 32.2. The van der Waals surface area contributed by atoms with E-state index in [9.17, 15) is 26.0 Å². The predicted molar refractivity (Wildman–Crippen MR) is 88.5 cm³/mol. The van der Waals surface area contributed by atoms with E-state index in [0.717, 1.165) is 12.1 Å². The molecule has 7 nitrogen and oxygen atoms in total. The predicted octanol–water partition coefficient (Wildman–Crippen LogP) is 0.0933. The molecule has 0 bridgehead atoms. The zero-order chi connectivity index (χ0) is 18.2. The standard InChI is InChI=1S/C15H19FN2O5S2/c16-13-1-3-14(4-2-13)25(22,23)18-8-6-17(7-9-18)15(19)12-5-10-24(20,21)11-12/h1-4,12H,5-11H2/t12-/m1/s1. The zero-order valence-corrected chi connectivity index (χ0v) is 15.1. The number of nitrogens with zero attached hydrogens (tertiary/aromatic N) is 2. The summed E-state index contributed by atoms with van der Waals surface area (Å²) in [6.07, 6.45) is 0.329. The fourth-order valence-electron chi connectivity index (χ4n) is 3.15. The summed E-state index contributed by atoms with van der Waals surface area (Å²) in [6, 6.07) is 4.61. The summed E-state index contributed by atoms with van der Waals surface area (Å²) in [5.74, 6) is -1.35. The van der Waals surface area contributed by atoms with Gasteiger partial charge in [0.15, 0.2) is 9.84 Å². The van der Waals surface area contributed by atoms with Crippen molar-refractivity contribution in [2.75, 3.05) is 37.7 Å². The van der Waals surface area contributed by atoms with Gasteiger partial charge in [-0.05, 0) is 30.7 Å². The van der Waals surface area contributed by atoms with Crippen molar-refractivity contribution in [3.8, 4) is 0 Å². The third-order valence-corrected chi connectivity index (χ3v) is 8.26. The Kier molecular flexibility index (Phi) is 4.86. The van der Waals surface area contributed by atoms with E-state index >= 15 is 0 Å². The molecule has 2 aliphatic rings. The Bertz CT molecular complexity index is 860. The summed E-state index contributed by atoms with van der Waals surface area (Å²) in [6.45, 7) is 0.696. The molecule has 0 radical (unpaired) electrons. The van der Waals surface area contributed by atoms with Crippen LogP contribution in [-0.4, -0.2) is 69.6 Å². The first-order valence-electron chi connectivity index (χ1n) is 7.94. The number of hydrogen-bond acceptors (Lipinski definition) is 5. The van der Waals surface area contributed by atoms with Crippen LogP contribution in [0.3, 0.4) is 0 Å². The van der Waals surface area contributed by atoms with Crippen LogP contribution in [0.4, 0.5) is 4.39 Å². The van der Waals surface area contributed by atoms with Crippen LogP contribution in [-0.2, 0) is 24.7 Å². The van der Waals surface area contributed by atoms with Gasteiger partial charge in [0.05, 0.1) is 22.3 Å². The number of halogens is 1. The van der Waals surface area contributed by atoms with E-state index in [1.807, 2.05) is 0 Å². The van der Waals surface area contributed by atoms with Gasteiger partial charge < -0.3 is 4.90 Å². The molecule has 138 valence electrons. The number of carbonyl (C=O) groups excluding carboxylic acids is 1. The van der Waals surface area contributed by atoms with Crippen molar-refractivity contribution in [2.45, 2.75) is 11.3 Å². The lowest BCUT2D eigenvalue weighted by molar-refractivity contribution is -0.135. The van der Waals surface area contributed by atoms with Gasteiger partial charge in [0.1, 0.15) is 5.82 Å². The van der Waals surface area contributed by atoms with Gasteiger partial charge in [0, 0.05) is 26.2 Å². The molecule has 0 N–H and O–H groups in total. The third kappa shape index (κ3) is 3.85. The van der Waals surface area contributed by atoms with Crippen molar-refractivity contribution < 1.29 is 26.0 Å². The first kappa shape index (κ1) is 18.3. The van der Waals surface area contributed by atoms with Gasteiger partial charge in [-0.1, -0.05) is 0 Å². The van der Waals surface area contributed by atoms with Crippen LogP contribution >= 0.6 is 0 Å². The number of piperazine rings is 1. The zero-order valence-electron chi connectivity index (χ0n) is 13.5. The van der Waals surface area contributed by atoms with Crippen molar-refractivity contribution >= 4 is 25.8 Å². The minimum atomic E-state index is -3.73. The van der Waals surface area contributed by atoms with Crippen molar-refractivity contribution in [1.82, 2.24) is 9.21 Å². The average molecular weight is 390 g/mol. The van der Waals surface area contributed by atoms with Gasteiger partial charge in [-0.15, -0.1) is 0 Å². The van der Waals surface area contributed by atoms with Crippen molar-refractivity contribution in [2.24, 2.45) is 5.92 Å². The molecular formula is C15H19FN2O5S2. The van der Waals surface area contributed by atoms with E-state index in [1.165, 1.54) is 21.3 Å². The molecular weight excluding hydrogens is 371 g/mol. The highest BCUT2D eigenvalue weighted by Gasteiger charge is 2.37. The number of hydrogen-bond donors (Lipinski definition) is 0. The Balaban J connectivity index is 1.63. The fraction of sp³-hybridized carbons (Fsp3) is 0.533. The largest absolute Gasteiger partial charge is 0.340 e. The Morgan fingerprint density at radius 3 is 2.20 bits per heavy atom. The molecule has 2 aliphatic heterocycles. The van der Waals surface area contributed by atoms with Crippen LogP contribution in [0.15, 0.2) is 29.2 Å². The summed E-state index contributed by atoms with van der Waals surface area (Å²) >= 11 is 0. The van der Waals surface area contributed by atoms with E-state index in [1.54, 1.807) is 0 Å². The summed E-state index contributed by atoms with van der Waals surface area (Å²) < 4.78 is 62.3. The molecule has 3 rings (SSSR count). The minimum Gasteiger partial charge on any atom is -0.340 e. The maximum absolute atomic E-state index is 13.0. The number of rotatable bonds is 3. The molecule has 10 heteroatoms. The topological polar surface area (TPSA) is 91.8 Å². The molecule has 25 heavy (non-hydrogen) atoms. The van der Waals surface area contributed by atoms with Gasteiger partial charge in [0.2, 0.25) is 15.9 Å². The van der Waals surface area contributed by atoms with E-state index in [4.69, 9.17) is 0 Å². The molecule has 0 unspecified atom stereocenters. The lowest BCUT2D eigenvalue weighted by Gasteiger charge is -2.35. The Morgan fingerprint density at radius 1 is 1.08 bits per heavy atom. The van der Waals surface area contributed by atoms with Gasteiger partial charge in [-0.2, -0.15) is 4.31 Å². The summed E-state index contributed by atoms with van der Waals surface area (Å²) in [7, 11) is -6.87. The van der Waals surface area contributed by atoms with Gasteiger partial charge in [-0.3, -0.25) is 4.79 Å². The molecule has 0 aromatic heterocycles. The molecule has 2 heterocycles. The number of sulfone groups is 1. The number of sulfonamides is 1. The first-order chi connectivity index (χ1) is 11.7. The highest BCUT2D eigenvalue weighted by Crippen LogP contribution is 2.23. The summed E-state index contributed by atoms with van der Waals surface area (Å²) in [5.41, 5.74) is 0. The summed E-state index contributed by atoms with van der Waals surface area (Å²) in [4.78, 5) is 13.9. The second-order valence-electron chi connectivity index (χ2n) is 6.28. The quantitative estimate of drug-likeness (QED) is 0.730. The van der Waals surface area contributed by atoms with Gasteiger partial charge >= 0.3 is 0 Å². The van der Waals surface area contributed by atoms with Crippen molar-refractivity contribution in [3.63, 3.8) is 0 Å². The molecule has 1 aromatic rings. The normalized spacial score (nSPS) is 24.4. The molecule has 1 atom stereocenters. The number of carbonyl (C=O) groups is 1. The van der Waals surface area contributed by atoms with E-state index in [0.29, 0.717) is 6.42 Å². The Labute approximate surface area is 146 Å². The molecule has 1 aromatic carbocycles. The van der Waals surface area contributed by atoms with Crippen LogP contribution in [0.1, 0.15) is 6.42 Å². The van der Waals surface area contributed by atoms with E-state index in [2.05, 4.69) is 0 Å². The third-order valence-electron chi connectivity index (χ3n) is 4.58. The summed E-state index contributed by atoms with van der Waals surface area (Å²) in [5, 5.41) is 0. The molecule has 2 fully saturated rings. The maximum Gasteiger partial charge on any atom is 0.243 e. The van der Waals surface area contributed by atoms with Crippen LogP contribution in [0.2, 0.25) is 0 Å². The second-order valence-corrected chi connectivity index (χ2v) is 10.4. The Hall–Kier alpha value is -1.52. The smallest absolute Gasteiger partial charge is 0.243 e. The van der Waals surface area contributed by atoms with Gasteiger partial charge in [-0.25, -0.2) is 21.2 Å². The van der Waals surface area contributed by atoms with Crippen molar-refractivity contribution in [1.29, 1.82) is 0 Å². The van der Waals surface area contributed by atoms with Crippen LogP contribution in [0.5, 0.6) is 0 Å². The minimum absolute atomic E-state index is 0.00978. The fourth-order valence-corrected chi connectivity index (χ4v) is 6.31. The maximum atomic E-state index is 13.0. The second kappa shape index (κ2) is 6.65. The SMILES string of the molecule is O=C([C@@H]1CCS(=O)(=O)C1)N1CCN(S(=O)(=O)c2ccc(F)cc2)CC1. The molecule has 1 amide bonds. The van der Waals surface area contributed by atoms with Crippen LogP contribution in [0, 0.1) is 11.7 Å². The molecule has 0 aliphatic carbocycles. The average Bonchev–Trinajstić information content (AvgIpc) is 2.95. The highest BCUT2D eigenvalue weighted by molar-refractivity contribution is 7.91. The van der Waals surface area contributed by atoms with Crippen LogP contribution in [0.25, 0.3) is 0 Å². The van der Waals surface area contributed by atoms with Crippen LogP contribution < -0.4 is 0 Å². The molecule has 2 saturated heterocycles. The van der Waals surface area contributed by atoms with E-state index < -0.39 is 31.6 Å². The van der Waals surface area contributed by atoms with Gasteiger partial charge in [0.25, 0.3) is 0 Å². The monoisotopic (exact) mass is 390 g/mol. The lowest BCUT2D eigenvalue weighted by atomic mass is 10.1. The Morgan fingerprint density at radius 2 is 1.68 bits per heavy atom. The van der Waals surface area contributed by atoms with E-state index in [-0.39, 0.29) is 48.5 Å². The van der Waals surface area contributed by atoms with Crippen molar-refractivity contribution in [3.05, 3.63) is 30.1 Å². The number of benzene rings is 1. The lowest BCUT2D eigenvalue weighted by Crippen LogP contribution is -2.52.